The van der Waals surface area contributed by atoms with E-state index in [1.807, 2.05) is 17.8 Å². The van der Waals surface area contributed by atoms with Gasteiger partial charge in [0.15, 0.2) is 0 Å². The molecular formula is C14H24BNO3S. The zero-order chi connectivity index (χ0) is 15.0. The van der Waals surface area contributed by atoms with Crippen molar-refractivity contribution < 1.29 is 14.8 Å². The molecule has 1 aromatic carbocycles. The summed E-state index contributed by atoms with van der Waals surface area (Å²) < 4.78 is 5.65. The fourth-order valence-electron chi connectivity index (χ4n) is 1.80. The lowest BCUT2D eigenvalue weighted by molar-refractivity contribution is 0.197. The molecule has 0 fully saturated rings. The van der Waals surface area contributed by atoms with Gasteiger partial charge >= 0.3 is 7.12 Å². The Morgan fingerprint density at radius 3 is 2.80 bits per heavy atom. The van der Waals surface area contributed by atoms with E-state index < -0.39 is 7.12 Å². The Labute approximate surface area is 126 Å². The standard InChI is InChI=1S/C14H24BNO3S/c1-12(7-10-20-3)16(2)8-9-19-14-6-4-5-13(11-14)15(17)18/h4-6,11-12,17-18H,7-10H2,1-3H3. The monoisotopic (exact) mass is 297 g/mol. The summed E-state index contributed by atoms with van der Waals surface area (Å²) in [7, 11) is 0.648. The number of benzene rings is 1. The van der Waals surface area contributed by atoms with Crippen LogP contribution in [0.5, 0.6) is 5.75 Å². The summed E-state index contributed by atoms with van der Waals surface area (Å²) >= 11 is 1.87. The number of hydrogen-bond acceptors (Lipinski definition) is 5. The first kappa shape index (κ1) is 17.4. The van der Waals surface area contributed by atoms with Crippen molar-refractivity contribution in [2.75, 3.05) is 32.2 Å². The Bertz CT molecular complexity index is 392. The van der Waals surface area contributed by atoms with Crippen molar-refractivity contribution in [1.29, 1.82) is 0 Å². The molecule has 0 radical (unpaired) electrons. The highest BCUT2D eigenvalue weighted by Crippen LogP contribution is 2.09. The second-order valence-electron chi connectivity index (χ2n) is 4.91. The number of thioether (sulfide) groups is 1. The Balaban J connectivity index is 2.34. The van der Waals surface area contributed by atoms with Gasteiger partial charge in [-0.15, -0.1) is 0 Å². The van der Waals surface area contributed by atoms with E-state index in [0.717, 1.165) is 6.54 Å². The summed E-state index contributed by atoms with van der Waals surface area (Å²) in [6.45, 7) is 3.66. The largest absolute Gasteiger partial charge is 0.492 e. The van der Waals surface area contributed by atoms with E-state index in [-0.39, 0.29) is 0 Å². The van der Waals surface area contributed by atoms with Crippen molar-refractivity contribution in [3.05, 3.63) is 24.3 Å². The first-order chi connectivity index (χ1) is 9.54. The molecule has 0 saturated heterocycles. The molecule has 0 bridgehead atoms. The molecule has 112 valence electrons. The number of rotatable bonds is 9. The zero-order valence-corrected chi connectivity index (χ0v) is 13.3. The molecule has 0 aromatic heterocycles. The maximum Gasteiger partial charge on any atom is 0.488 e. The van der Waals surface area contributed by atoms with Crippen LogP contribution < -0.4 is 10.2 Å². The van der Waals surface area contributed by atoms with Gasteiger partial charge < -0.3 is 19.7 Å². The van der Waals surface area contributed by atoms with E-state index >= 15 is 0 Å². The minimum atomic E-state index is -1.45. The van der Waals surface area contributed by atoms with Crippen LogP contribution in [0, 0.1) is 0 Å². The molecular weight excluding hydrogens is 273 g/mol. The summed E-state index contributed by atoms with van der Waals surface area (Å²) in [5, 5.41) is 18.2. The second kappa shape index (κ2) is 9.29. The summed E-state index contributed by atoms with van der Waals surface area (Å²) in [4.78, 5) is 2.28. The molecule has 0 aliphatic rings. The second-order valence-corrected chi connectivity index (χ2v) is 5.89. The molecule has 0 aliphatic heterocycles. The summed E-state index contributed by atoms with van der Waals surface area (Å²) in [6, 6.07) is 7.44. The van der Waals surface area contributed by atoms with Gasteiger partial charge in [0.05, 0.1) is 0 Å². The van der Waals surface area contributed by atoms with Crippen molar-refractivity contribution in [3.8, 4) is 5.75 Å². The quantitative estimate of drug-likeness (QED) is 0.661. The third-order valence-corrected chi connectivity index (χ3v) is 4.01. The van der Waals surface area contributed by atoms with Crippen molar-refractivity contribution in [2.45, 2.75) is 19.4 Å². The predicted octanol–water partition coefficient (Wildman–Crippen LogP) is 0.819. The van der Waals surface area contributed by atoms with Crippen molar-refractivity contribution in [2.24, 2.45) is 0 Å². The maximum absolute atomic E-state index is 9.11. The summed E-state index contributed by atoms with van der Waals surface area (Å²) in [5.41, 5.74) is 0.448. The molecule has 1 atom stereocenters. The molecule has 20 heavy (non-hydrogen) atoms. The lowest BCUT2D eigenvalue weighted by Gasteiger charge is -2.24. The zero-order valence-electron chi connectivity index (χ0n) is 12.5. The van der Waals surface area contributed by atoms with Crippen molar-refractivity contribution >= 4 is 24.3 Å². The lowest BCUT2D eigenvalue weighted by atomic mass is 9.80. The smallest absolute Gasteiger partial charge is 0.488 e. The lowest BCUT2D eigenvalue weighted by Crippen LogP contribution is -2.33. The molecule has 1 rings (SSSR count). The van der Waals surface area contributed by atoms with Crippen LogP contribution in [-0.4, -0.2) is 60.3 Å². The highest BCUT2D eigenvalue weighted by molar-refractivity contribution is 7.98. The van der Waals surface area contributed by atoms with E-state index in [1.54, 1.807) is 18.2 Å². The summed E-state index contributed by atoms with van der Waals surface area (Å²) in [5.74, 6) is 1.84. The van der Waals surface area contributed by atoms with Gasteiger partial charge in [-0.1, -0.05) is 12.1 Å². The number of hydrogen-bond donors (Lipinski definition) is 2. The van der Waals surface area contributed by atoms with Crippen LogP contribution in [0.1, 0.15) is 13.3 Å². The van der Waals surface area contributed by atoms with Gasteiger partial charge in [-0.05, 0) is 50.0 Å². The van der Waals surface area contributed by atoms with Gasteiger partial charge in [-0.25, -0.2) is 0 Å². The van der Waals surface area contributed by atoms with E-state index in [9.17, 15) is 0 Å². The third-order valence-electron chi connectivity index (χ3n) is 3.36. The van der Waals surface area contributed by atoms with Crippen LogP contribution in [0.4, 0.5) is 0 Å². The number of ether oxygens (including phenoxy) is 1. The van der Waals surface area contributed by atoms with E-state index in [4.69, 9.17) is 14.8 Å². The molecule has 4 nitrogen and oxygen atoms in total. The van der Waals surface area contributed by atoms with Crippen LogP contribution in [0.15, 0.2) is 24.3 Å². The Morgan fingerprint density at radius 2 is 2.15 bits per heavy atom. The molecule has 1 unspecified atom stereocenters. The highest BCUT2D eigenvalue weighted by atomic mass is 32.2. The first-order valence-corrected chi connectivity index (χ1v) is 8.22. The number of likely N-dealkylation sites (N-methyl/N-ethyl adjacent to an activating group) is 1. The van der Waals surface area contributed by atoms with Crippen LogP contribution in [-0.2, 0) is 0 Å². The van der Waals surface area contributed by atoms with Crippen molar-refractivity contribution in [1.82, 2.24) is 4.90 Å². The normalized spacial score (nSPS) is 12.5. The molecule has 6 heteroatoms. The average molecular weight is 297 g/mol. The maximum atomic E-state index is 9.11. The van der Waals surface area contributed by atoms with E-state index in [0.29, 0.717) is 23.9 Å². The van der Waals surface area contributed by atoms with E-state index in [1.165, 1.54) is 12.2 Å². The summed E-state index contributed by atoms with van der Waals surface area (Å²) in [6.07, 6.45) is 3.29. The van der Waals surface area contributed by atoms with Gasteiger partial charge in [-0.2, -0.15) is 11.8 Å². The molecule has 0 saturated carbocycles. The Kier molecular flexibility index (Phi) is 8.06. The first-order valence-electron chi connectivity index (χ1n) is 6.82. The minimum Gasteiger partial charge on any atom is -0.492 e. The van der Waals surface area contributed by atoms with Gasteiger partial charge in [0.1, 0.15) is 12.4 Å². The topological polar surface area (TPSA) is 52.9 Å². The third kappa shape index (κ3) is 6.18. The fourth-order valence-corrected chi connectivity index (χ4v) is 2.38. The van der Waals surface area contributed by atoms with Gasteiger partial charge in [-0.3, -0.25) is 0 Å². The van der Waals surface area contributed by atoms with Gasteiger partial charge in [0, 0.05) is 12.6 Å². The SMILES string of the molecule is CSCCC(C)N(C)CCOc1cccc(B(O)O)c1. The Morgan fingerprint density at radius 1 is 1.40 bits per heavy atom. The van der Waals surface area contributed by atoms with Crippen LogP contribution in [0.25, 0.3) is 0 Å². The Hall–Kier alpha value is -0.685. The predicted molar refractivity (Wildman–Crippen MR) is 86.9 cm³/mol. The molecule has 0 spiro atoms. The average Bonchev–Trinajstić information content (AvgIpc) is 2.44. The number of nitrogens with zero attached hydrogens (tertiary/aromatic N) is 1. The van der Waals surface area contributed by atoms with Crippen LogP contribution >= 0.6 is 11.8 Å². The minimum absolute atomic E-state index is 0.448. The van der Waals surface area contributed by atoms with E-state index in [2.05, 4.69) is 25.1 Å². The molecule has 0 aliphatic carbocycles. The highest BCUT2D eigenvalue weighted by Gasteiger charge is 2.12. The van der Waals surface area contributed by atoms with Crippen LogP contribution in [0.3, 0.4) is 0 Å². The molecule has 2 N–H and O–H groups in total. The van der Waals surface area contributed by atoms with Crippen molar-refractivity contribution in [3.63, 3.8) is 0 Å². The van der Waals surface area contributed by atoms with Gasteiger partial charge in [0.25, 0.3) is 0 Å². The van der Waals surface area contributed by atoms with Crippen LogP contribution in [0.2, 0.25) is 0 Å². The fraction of sp³-hybridized carbons (Fsp3) is 0.571. The van der Waals surface area contributed by atoms with Gasteiger partial charge in [0.2, 0.25) is 0 Å². The molecule has 0 heterocycles. The molecule has 0 amide bonds. The molecule has 1 aromatic rings.